The van der Waals surface area contributed by atoms with Crippen LogP contribution in [0.5, 0.6) is 0 Å². The summed E-state index contributed by atoms with van der Waals surface area (Å²) in [4.78, 5) is 12.5. The molecule has 0 fully saturated rings. The number of aromatic nitrogens is 3. The topological polar surface area (TPSA) is 62.7 Å². The fourth-order valence-corrected chi connectivity index (χ4v) is 2.89. The Kier molecular flexibility index (Phi) is 4.81. The van der Waals surface area contributed by atoms with Gasteiger partial charge in [-0.1, -0.05) is 35.9 Å². The van der Waals surface area contributed by atoms with Crippen molar-refractivity contribution in [2.75, 3.05) is 5.32 Å². The zero-order chi connectivity index (χ0) is 18.0. The van der Waals surface area contributed by atoms with Gasteiger partial charge in [0.1, 0.15) is 6.54 Å². The fourth-order valence-electron chi connectivity index (χ4n) is 2.69. The first kappa shape index (κ1) is 17.1. The number of rotatable bonds is 4. The first-order valence-electron chi connectivity index (χ1n) is 8.04. The maximum atomic E-state index is 12.5. The summed E-state index contributed by atoms with van der Waals surface area (Å²) in [5, 5.41) is 10.0. The predicted octanol–water partition coefficient (Wildman–Crippen LogP) is 4.17. The van der Waals surface area contributed by atoms with Gasteiger partial charge in [-0.15, -0.1) is 0 Å². The molecular formula is C19H20N4OS. The number of aromatic amines is 1. The molecule has 0 atom stereocenters. The molecule has 0 aliphatic carbocycles. The molecule has 0 bridgehead atoms. The van der Waals surface area contributed by atoms with E-state index in [1.54, 1.807) is 4.57 Å². The summed E-state index contributed by atoms with van der Waals surface area (Å²) in [5.41, 5.74) is 5.06. The van der Waals surface area contributed by atoms with Gasteiger partial charge in [0, 0.05) is 11.3 Å². The van der Waals surface area contributed by atoms with Crippen LogP contribution in [0.3, 0.4) is 0 Å². The van der Waals surface area contributed by atoms with Crippen LogP contribution in [0.1, 0.15) is 16.7 Å². The van der Waals surface area contributed by atoms with Gasteiger partial charge in [0.25, 0.3) is 0 Å². The molecule has 1 amide bonds. The van der Waals surface area contributed by atoms with Crippen LogP contribution in [0.4, 0.5) is 5.69 Å². The van der Waals surface area contributed by atoms with Crippen molar-refractivity contribution in [1.29, 1.82) is 0 Å². The van der Waals surface area contributed by atoms with E-state index in [0.717, 1.165) is 27.9 Å². The van der Waals surface area contributed by atoms with Gasteiger partial charge >= 0.3 is 0 Å². The lowest BCUT2D eigenvalue weighted by Crippen LogP contribution is -2.20. The monoisotopic (exact) mass is 352 g/mol. The summed E-state index contributed by atoms with van der Waals surface area (Å²) in [6.45, 7) is 6.13. The average Bonchev–Trinajstić information content (AvgIpc) is 2.93. The Bertz CT molecular complexity index is 987. The first-order valence-corrected chi connectivity index (χ1v) is 8.45. The lowest BCUT2D eigenvalue weighted by Gasteiger charge is -2.11. The zero-order valence-electron chi connectivity index (χ0n) is 14.5. The highest BCUT2D eigenvalue weighted by Crippen LogP contribution is 2.20. The van der Waals surface area contributed by atoms with E-state index in [2.05, 4.69) is 15.5 Å². The second-order valence-electron chi connectivity index (χ2n) is 6.10. The smallest absolute Gasteiger partial charge is 0.244 e. The summed E-state index contributed by atoms with van der Waals surface area (Å²) in [6.07, 6.45) is 0. The molecule has 1 aromatic heterocycles. The number of nitrogens with zero attached hydrogens (tertiary/aromatic N) is 2. The van der Waals surface area contributed by atoms with Gasteiger partial charge in [0.2, 0.25) is 5.91 Å². The second-order valence-corrected chi connectivity index (χ2v) is 6.49. The highest BCUT2D eigenvalue weighted by molar-refractivity contribution is 7.71. The average molecular weight is 352 g/mol. The fraction of sp³-hybridized carbons (Fsp3) is 0.211. The Morgan fingerprint density at radius 2 is 1.96 bits per heavy atom. The van der Waals surface area contributed by atoms with Crippen LogP contribution in [0.2, 0.25) is 0 Å². The number of hydrogen-bond donors (Lipinski definition) is 2. The van der Waals surface area contributed by atoms with E-state index < -0.39 is 0 Å². The maximum Gasteiger partial charge on any atom is 0.244 e. The van der Waals surface area contributed by atoms with Gasteiger partial charge in [-0.3, -0.25) is 14.5 Å². The molecule has 5 nitrogen and oxygen atoms in total. The van der Waals surface area contributed by atoms with Crippen molar-refractivity contribution in [3.05, 3.63) is 63.9 Å². The van der Waals surface area contributed by atoms with E-state index in [9.17, 15) is 4.79 Å². The first-order chi connectivity index (χ1) is 12.0. The molecule has 2 aromatic carbocycles. The van der Waals surface area contributed by atoms with Crippen molar-refractivity contribution >= 4 is 23.8 Å². The number of aryl methyl sites for hydroxylation is 2. The molecule has 3 aromatic rings. The normalized spacial score (nSPS) is 10.7. The van der Waals surface area contributed by atoms with E-state index in [1.165, 1.54) is 0 Å². The Labute approximate surface area is 151 Å². The lowest BCUT2D eigenvalue weighted by molar-refractivity contribution is -0.116. The summed E-state index contributed by atoms with van der Waals surface area (Å²) in [6, 6.07) is 13.8. The number of benzene rings is 2. The van der Waals surface area contributed by atoms with Crippen molar-refractivity contribution in [2.45, 2.75) is 27.3 Å². The van der Waals surface area contributed by atoms with Crippen molar-refractivity contribution in [3.63, 3.8) is 0 Å². The largest absolute Gasteiger partial charge is 0.324 e. The standard InChI is InChI=1S/C19H20N4OS/c1-12-6-4-8-15(10-12)18-21-22-19(25)23(18)11-17(24)20-16-9-5-7-13(2)14(16)3/h4-10H,11H2,1-3H3,(H,20,24)(H,22,25). The molecule has 0 aliphatic rings. The third kappa shape index (κ3) is 3.69. The molecule has 128 valence electrons. The molecule has 25 heavy (non-hydrogen) atoms. The van der Waals surface area contributed by atoms with Gasteiger partial charge in [-0.05, 0) is 56.2 Å². The molecule has 0 aliphatic heterocycles. The minimum Gasteiger partial charge on any atom is -0.324 e. The van der Waals surface area contributed by atoms with E-state index in [-0.39, 0.29) is 12.5 Å². The van der Waals surface area contributed by atoms with Crippen LogP contribution >= 0.6 is 12.2 Å². The van der Waals surface area contributed by atoms with Crippen molar-refractivity contribution < 1.29 is 4.79 Å². The third-order valence-corrected chi connectivity index (χ3v) is 4.53. The quantitative estimate of drug-likeness (QED) is 0.693. The van der Waals surface area contributed by atoms with Crippen LogP contribution < -0.4 is 5.32 Å². The molecule has 0 radical (unpaired) electrons. The zero-order valence-corrected chi connectivity index (χ0v) is 15.3. The molecule has 0 unspecified atom stereocenters. The Morgan fingerprint density at radius 1 is 1.20 bits per heavy atom. The lowest BCUT2D eigenvalue weighted by atomic mass is 10.1. The molecule has 0 saturated heterocycles. The van der Waals surface area contributed by atoms with Gasteiger partial charge < -0.3 is 5.32 Å². The van der Waals surface area contributed by atoms with Crippen molar-refractivity contribution in [1.82, 2.24) is 14.8 Å². The second kappa shape index (κ2) is 7.03. The number of amides is 1. The van der Waals surface area contributed by atoms with Crippen LogP contribution in [0.15, 0.2) is 42.5 Å². The predicted molar refractivity (Wildman–Crippen MR) is 102 cm³/mol. The van der Waals surface area contributed by atoms with Crippen LogP contribution in [-0.4, -0.2) is 20.7 Å². The van der Waals surface area contributed by atoms with Gasteiger partial charge in [0.05, 0.1) is 0 Å². The molecule has 6 heteroatoms. The molecule has 2 N–H and O–H groups in total. The molecule has 0 spiro atoms. The number of H-pyrrole nitrogens is 1. The summed E-state index contributed by atoms with van der Waals surface area (Å²) in [5.74, 6) is 0.518. The summed E-state index contributed by atoms with van der Waals surface area (Å²) < 4.78 is 2.14. The minimum absolute atomic E-state index is 0.103. The number of anilines is 1. The molecular weight excluding hydrogens is 332 g/mol. The van der Waals surface area contributed by atoms with E-state index in [0.29, 0.717) is 10.6 Å². The minimum atomic E-state index is -0.139. The number of hydrogen-bond acceptors (Lipinski definition) is 3. The highest BCUT2D eigenvalue weighted by Gasteiger charge is 2.13. The van der Waals surface area contributed by atoms with E-state index in [4.69, 9.17) is 12.2 Å². The Morgan fingerprint density at radius 3 is 2.72 bits per heavy atom. The Hall–Kier alpha value is -2.73. The highest BCUT2D eigenvalue weighted by atomic mass is 32.1. The SMILES string of the molecule is Cc1cccc(-c2n[nH]c(=S)n2CC(=O)Nc2cccc(C)c2C)c1. The van der Waals surface area contributed by atoms with E-state index in [1.807, 2.05) is 63.2 Å². The van der Waals surface area contributed by atoms with Gasteiger partial charge in [-0.2, -0.15) is 5.10 Å². The Balaban J connectivity index is 1.86. The maximum absolute atomic E-state index is 12.5. The summed E-state index contributed by atoms with van der Waals surface area (Å²) in [7, 11) is 0. The molecule has 3 rings (SSSR count). The molecule has 1 heterocycles. The van der Waals surface area contributed by atoms with Crippen molar-refractivity contribution in [3.8, 4) is 11.4 Å². The van der Waals surface area contributed by atoms with Gasteiger partial charge in [0.15, 0.2) is 10.6 Å². The van der Waals surface area contributed by atoms with Gasteiger partial charge in [-0.25, -0.2) is 0 Å². The number of carbonyl (C=O) groups is 1. The summed E-state index contributed by atoms with van der Waals surface area (Å²) >= 11 is 5.30. The molecule has 0 saturated carbocycles. The number of carbonyl (C=O) groups excluding carboxylic acids is 1. The number of nitrogens with one attached hydrogen (secondary N) is 2. The van der Waals surface area contributed by atoms with Crippen LogP contribution in [-0.2, 0) is 11.3 Å². The van der Waals surface area contributed by atoms with Crippen LogP contribution in [0.25, 0.3) is 11.4 Å². The van der Waals surface area contributed by atoms with Crippen LogP contribution in [0, 0.1) is 25.5 Å². The third-order valence-electron chi connectivity index (χ3n) is 4.21. The van der Waals surface area contributed by atoms with Crippen molar-refractivity contribution in [2.24, 2.45) is 0 Å². The van der Waals surface area contributed by atoms with E-state index >= 15 is 0 Å².